The number of anilines is 1. The summed E-state index contributed by atoms with van der Waals surface area (Å²) in [5.74, 6) is 0. The number of hydrazone groups is 1. The van der Waals surface area contributed by atoms with Crippen molar-refractivity contribution in [3.05, 3.63) is 65.2 Å². The van der Waals surface area contributed by atoms with Gasteiger partial charge in [0.25, 0.3) is 0 Å². The van der Waals surface area contributed by atoms with Crippen LogP contribution in [0.25, 0.3) is 0 Å². The van der Waals surface area contributed by atoms with Crippen LogP contribution in [-0.2, 0) is 0 Å². The number of rotatable bonds is 3. The Morgan fingerprint density at radius 3 is 2.56 bits per heavy atom. The lowest BCUT2D eigenvalue weighted by molar-refractivity contribution is 1.35. The molecule has 3 heteroatoms. The standard InChI is InChI=1S/C13H11ClN2/c14-12-6-4-5-11(9-12)10-15-16-13-7-2-1-3-8-13/h1-10,16H. The molecule has 2 rings (SSSR count). The second-order valence-corrected chi connectivity index (χ2v) is 3.73. The van der Waals surface area contributed by atoms with Crippen molar-refractivity contribution in [3.8, 4) is 0 Å². The molecule has 0 atom stereocenters. The first-order valence-electron chi connectivity index (χ1n) is 4.94. The topological polar surface area (TPSA) is 24.4 Å². The molecule has 0 spiro atoms. The average molecular weight is 231 g/mol. The van der Waals surface area contributed by atoms with Gasteiger partial charge in [0.15, 0.2) is 0 Å². The molecule has 2 nitrogen and oxygen atoms in total. The SMILES string of the molecule is Clc1cccc(C=NNc2ccccc2)c1. The Balaban J connectivity index is 2.00. The third kappa shape index (κ3) is 3.11. The maximum absolute atomic E-state index is 5.86. The Bertz CT molecular complexity index is 480. The monoisotopic (exact) mass is 230 g/mol. The maximum Gasteiger partial charge on any atom is 0.0561 e. The quantitative estimate of drug-likeness (QED) is 0.630. The molecule has 0 aliphatic rings. The predicted octanol–water partition coefficient (Wildman–Crippen LogP) is 3.79. The molecule has 0 radical (unpaired) electrons. The number of hydrogen-bond donors (Lipinski definition) is 1. The van der Waals surface area contributed by atoms with Crippen molar-refractivity contribution in [2.24, 2.45) is 5.10 Å². The number of para-hydroxylation sites is 1. The first kappa shape index (κ1) is 10.7. The van der Waals surface area contributed by atoms with Crippen LogP contribution < -0.4 is 5.43 Å². The molecule has 0 saturated heterocycles. The van der Waals surface area contributed by atoms with E-state index >= 15 is 0 Å². The van der Waals surface area contributed by atoms with Crippen LogP contribution in [0.5, 0.6) is 0 Å². The molecule has 0 bridgehead atoms. The minimum Gasteiger partial charge on any atom is -0.279 e. The zero-order valence-corrected chi connectivity index (χ0v) is 9.35. The summed E-state index contributed by atoms with van der Waals surface area (Å²) in [5.41, 5.74) is 4.87. The largest absolute Gasteiger partial charge is 0.279 e. The first-order valence-corrected chi connectivity index (χ1v) is 5.32. The average Bonchev–Trinajstić information content (AvgIpc) is 2.30. The van der Waals surface area contributed by atoms with Crippen molar-refractivity contribution >= 4 is 23.5 Å². The minimum atomic E-state index is 0.712. The Labute approximate surface area is 99.6 Å². The molecule has 0 unspecified atom stereocenters. The van der Waals surface area contributed by atoms with E-state index in [-0.39, 0.29) is 0 Å². The van der Waals surface area contributed by atoms with E-state index in [4.69, 9.17) is 11.6 Å². The van der Waals surface area contributed by atoms with Gasteiger partial charge in [-0.3, -0.25) is 5.43 Å². The predicted molar refractivity (Wildman–Crippen MR) is 69.1 cm³/mol. The normalized spacial score (nSPS) is 10.6. The van der Waals surface area contributed by atoms with Crippen LogP contribution in [-0.4, -0.2) is 6.21 Å². The molecular weight excluding hydrogens is 220 g/mol. The fourth-order valence-corrected chi connectivity index (χ4v) is 1.48. The van der Waals surface area contributed by atoms with Gasteiger partial charge in [0.05, 0.1) is 11.9 Å². The summed E-state index contributed by atoms with van der Waals surface area (Å²) in [6.07, 6.45) is 1.74. The summed E-state index contributed by atoms with van der Waals surface area (Å²) in [4.78, 5) is 0. The molecule has 0 saturated carbocycles. The van der Waals surface area contributed by atoms with Crippen molar-refractivity contribution in [2.75, 3.05) is 5.43 Å². The Morgan fingerprint density at radius 2 is 1.81 bits per heavy atom. The molecule has 0 aliphatic carbocycles. The third-order valence-corrected chi connectivity index (χ3v) is 2.26. The maximum atomic E-state index is 5.86. The van der Waals surface area contributed by atoms with Gasteiger partial charge in [0.2, 0.25) is 0 Å². The number of hydrogen-bond acceptors (Lipinski definition) is 2. The van der Waals surface area contributed by atoms with Crippen LogP contribution in [0.3, 0.4) is 0 Å². The molecule has 0 aliphatic heterocycles. The van der Waals surface area contributed by atoms with Gasteiger partial charge in [-0.05, 0) is 29.8 Å². The number of nitrogens with one attached hydrogen (secondary N) is 1. The Morgan fingerprint density at radius 1 is 1.00 bits per heavy atom. The molecule has 2 aromatic rings. The molecule has 80 valence electrons. The van der Waals surface area contributed by atoms with E-state index < -0.39 is 0 Å². The highest BCUT2D eigenvalue weighted by Gasteiger charge is 1.89. The van der Waals surface area contributed by atoms with Gasteiger partial charge in [-0.15, -0.1) is 0 Å². The lowest BCUT2D eigenvalue weighted by Crippen LogP contribution is -1.89. The first-order chi connectivity index (χ1) is 7.84. The van der Waals surface area contributed by atoms with Crippen LogP contribution in [0.15, 0.2) is 59.7 Å². The van der Waals surface area contributed by atoms with Gasteiger partial charge in [0.1, 0.15) is 0 Å². The summed E-state index contributed by atoms with van der Waals surface area (Å²) in [6, 6.07) is 17.3. The van der Waals surface area contributed by atoms with Crippen molar-refractivity contribution in [1.29, 1.82) is 0 Å². The van der Waals surface area contributed by atoms with E-state index in [1.165, 1.54) is 0 Å². The molecular formula is C13H11ClN2. The number of halogens is 1. The molecule has 0 fully saturated rings. The van der Waals surface area contributed by atoms with Crippen LogP contribution in [0.1, 0.15) is 5.56 Å². The van der Waals surface area contributed by atoms with Gasteiger partial charge in [-0.1, -0.05) is 41.9 Å². The molecule has 1 N–H and O–H groups in total. The van der Waals surface area contributed by atoms with Crippen LogP contribution in [0.2, 0.25) is 5.02 Å². The zero-order valence-electron chi connectivity index (χ0n) is 8.60. The zero-order chi connectivity index (χ0) is 11.2. The van der Waals surface area contributed by atoms with Crippen molar-refractivity contribution < 1.29 is 0 Å². The van der Waals surface area contributed by atoms with Gasteiger partial charge < -0.3 is 0 Å². The summed E-state index contributed by atoms with van der Waals surface area (Å²) in [7, 11) is 0. The lowest BCUT2D eigenvalue weighted by atomic mass is 10.2. The summed E-state index contributed by atoms with van der Waals surface area (Å²) >= 11 is 5.86. The van der Waals surface area contributed by atoms with E-state index in [2.05, 4.69) is 10.5 Å². The smallest absolute Gasteiger partial charge is 0.0561 e. The Kier molecular flexibility index (Phi) is 3.57. The highest BCUT2D eigenvalue weighted by molar-refractivity contribution is 6.30. The number of benzene rings is 2. The summed E-state index contributed by atoms with van der Waals surface area (Å²) < 4.78 is 0. The summed E-state index contributed by atoms with van der Waals surface area (Å²) in [6.45, 7) is 0. The van der Waals surface area contributed by atoms with Crippen LogP contribution in [0, 0.1) is 0 Å². The fraction of sp³-hybridized carbons (Fsp3) is 0. The molecule has 2 aromatic carbocycles. The highest BCUT2D eigenvalue weighted by atomic mass is 35.5. The van der Waals surface area contributed by atoms with Gasteiger partial charge in [-0.25, -0.2) is 0 Å². The van der Waals surface area contributed by atoms with Gasteiger partial charge >= 0.3 is 0 Å². The highest BCUT2D eigenvalue weighted by Crippen LogP contribution is 2.09. The van der Waals surface area contributed by atoms with Crippen molar-refractivity contribution in [2.45, 2.75) is 0 Å². The molecule has 0 amide bonds. The van der Waals surface area contributed by atoms with E-state index in [1.54, 1.807) is 6.21 Å². The van der Waals surface area contributed by atoms with E-state index in [0.29, 0.717) is 5.02 Å². The van der Waals surface area contributed by atoms with Crippen LogP contribution in [0.4, 0.5) is 5.69 Å². The lowest BCUT2D eigenvalue weighted by Gasteiger charge is -1.98. The van der Waals surface area contributed by atoms with E-state index in [0.717, 1.165) is 11.3 Å². The third-order valence-electron chi connectivity index (χ3n) is 2.03. The summed E-state index contributed by atoms with van der Waals surface area (Å²) in [5, 5.41) is 4.83. The van der Waals surface area contributed by atoms with E-state index in [1.807, 2.05) is 54.6 Å². The molecule has 0 aromatic heterocycles. The fourth-order valence-electron chi connectivity index (χ4n) is 1.28. The van der Waals surface area contributed by atoms with E-state index in [9.17, 15) is 0 Å². The molecule has 16 heavy (non-hydrogen) atoms. The molecule has 0 heterocycles. The Hall–Kier alpha value is -1.80. The number of nitrogens with zero attached hydrogens (tertiary/aromatic N) is 1. The van der Waals surface area contributed by atoms with Crippen molar-refractivity contribution in [1.82, 2.24) is 0 Å². The second-order valence-electron chi connectivity index (χ2n) is 3.29. The minimum absolute atomic E-state index is 0.712. The van der Waals surface area contributed by atoms with Gasteiger partial charge in [-0.2, -0.15) is 5.10 Å². The van der Waals surface area contributed by atoms with Crippen LogP contribution >= 0.6 is 11.6 Å². The van der Waals surface area contributed by atoms with Gasteiger partial charge in [0, 0.05) is 5.02 Å². The second kappa shape index (κ2) is 5.33. The van der Waals surface area contributed by atoms with Crippen molar-refractivity contribution in [3.63, 3.8) is 0 Å².